The fraction of sp³-hybridized carbons (Fsp3) is 0.182. The van der Waals surface area contributed by atoms with Gasteiger partial charge in [-0.3, -0.25) is 0 Å². The van der Waals surface area contributed by atoms with Crippen molar-refractivity contribution in [2.24, 2.45) is 0 Å². The molecule has 1 aromatic carbocycles. The summed E-state index contributed by atoms with van der Waals surface area (Å²) in [5.41, 5.74) is 2.36. The molecule has 0 saturated carbocycles. The zero-order valence-corrected chi connectivity index (χ0v) is 11.3. The molecule has 5 nitrogen and oxygen atoms in total. The van der Waals surface area contributed by atoms with Crippen LogP contribution in [0, 0.1) is 0 Å². The first kappa shape index (κ1) is 13.0. The number of aromatic hydroxyl groups is 1. The summed E-state index contributed by atoms with van der Waals surface area (Å²) in [4.78, 5) is 4.11. The third-order valence-corrected chi connectivity index (χ3v) is 4.83. The zero-order chi connectivity index (χ0) is 13.2. The second kappa shape index (κ2) is 5.05. The maximum Gasteiger partial charge on any atom is 0.243 e. The molecule has 1 N–H and O–H groups in total. The van der Waals surface area contributed by atoms with Crippen molar-refractivity contribution in [3.8, 4) is 5.75 Å². The summed E-state index contributed by atoms with van der Waals surface area (Å²) in [5, 5.41) is 11.1. The van der Waals surface area contributed by atoms with Crippen molar-refractivity contribution in [3.63, 3.8) is 0 Å². The first-order chi connectivity index (χ1) is 8.50. The fourth-order valence-corrected chi connectivity index (χ4v) is 3.18. The first-order valence-electron chi connectivity index (χ1n) is 5.12. The Hall–Kier alpha value is -1.44. The molecule has 18 heavy (non-hydrogen) atoms. The maximum absolute atomic E-state index is 12.2. The van der Waals surface area contributed by atoms with Crippen LogP contribution in [0.25, 0.3) is 0 Å². The Morgan fingerprint density at radius 3 is 2.83 bits per heavy atom. The van der Waals surface area contributed by atoms with E-state index in [4.69, 9.17) is 0 Å². The summed E-state index contributed by atoms with van der Waals surface area (Å²) in [6.45, 7) is 0.210. The molecule has 0 unspecified atom stereocenters. The third-order valence-electron chi connectivity index (χ3n) is 2.39. The molecule has 0 atom stereocenters. The molecule has 0 bridgehead atoms. The number of phenols is 1. The average Bonchev–Trinajstić information content (AvgIpc) is 2.81. The Balaban J connectivity index is 2.25. The topological polar surface area (TPSA) is 70.5 Å². The highest BCUT2D eigenvalue weighted by molar-refractivity contribution is 7.89. The van der Waals surface area contributed by atoms with Gasteiger partial charge < -0.3 is 5.11 Å². The Bertz CT molecular complexity index is 623. The molecule has 2 rings (SSSR count). The first-order valence-corrected chi connectivity index (χ1v) is 7.51. The molecule has 0 aliphatic heterocycles. The zero-order valence-electron chi connectivity index (χ0n) is 9.65. The van der Waals surface area contributed by atoms with E-state index in [9.17, 15) is 13.5 Å². The van der Waals surface area contributed by atoms with Gasteiger partial charge in [0.25, 0.3) is 0 Å². The van der Waals surface area contributed by atoms with Gasteiger partial charge in [-0.25, -0.2) is 13.4 Å². The number of thiazole rings is 1. The molecule has 1 aromatic heterocycles. The molecule has 2 aromatic rings. The van der Waals surface area contributed by atoms with Crippen LogP contribution in [0.15, 0.2) is 40.1 Å². The maximum atomic E-state index is 12.2. The van der Waals surface area contributed by atoms with Gasteiger partial charge in [0.2, 0.25) is 10.0 Å². The third kappa shape index (κ3) is 2.69. The van der Waals surface area contributed by atoms with Crippen LogP contribution in [0.1, 0.15) is 5.69 Å². The number of benzene rings is 1. The highest BCUT2D eigenvalue weighted by atomic mass is 32.2. The summed E-state index contributed by atoms with van der Waals surface area (Å²) in [5.74, 6) is -0.0712. The molecule has 1 heterocycles. The van der Waals surface area contributed by atoms with E-state index in [0.717, 1.165) is 0 Å². The lowest BCUT2D eigenvalue weighted by Crippen LogP contribution is -2.26. The van der Waals surface area contributed by atoms with Gasteiger partial charge in [-0.05, 0) is 18.2 Å². The average molecular weight is 284 g/mol. The van der Waals surface area contributed by atoms with E-state index < -0.39 is 10.0 Å². The van der Waals surface area contributed by atoms with E-state index in [-0.39, 0.29) is 17.2 Å². The molecular weight excluding hydrogens is 272 g/mol. The predicted octanol–water partition coefficient (Wildman–Crippen LogP) is 1.67. The second-order valence-electron chi connectivity index (χ2n) is 3.74. The van der Waals surface area contributed by atoms with Crippen molar-refractivity contribution in [1.82, 2.24) is 9.29 Å². The molecule has 0 spiro atoms. The molecule has 0 aliphatic carbocycles. The van der Waals surface area contributed by atoms with Crippen LogP contribution in [0.3, 0.4) is 0 Å². The second-order valence-corrected chi connectivity index (χ2v) is 6.50. The van der Waals surface area contributed by atoms with Gasteiger partial charge in [-0.2, -0.15) is 4.31 Å². The lowest BCUT2D eigenvalue weighted by atomic mass is 10.3. The Kier molecular flexibility index (Phi) is 3.65. The number of sulfonamides is 1. The van der Waals surface area contributed by atoms with Crippen LogP contribution in [0.2, 0.25) is 0 Å². The van der Waals surface area contributed by atoms with Crippen LogP contribution >= 0.6 is 11.3 Å². The minimum Gasteiger partial charge on any atom is -0.508 e. The van der Waals surface area contributed by atoms with Crippen molar-refractivity contribution >= 4 is 21.4 Å². The molecule has 0 amide bonds. The van der Waals surface area contributed by atoms with Crippen molar-refractivity contribution < 1.29 is 13.5 Å². The molecule has 0 radical (unpaired) electrons. The van der Waals surface area contributed by atoms with E-state index in [1.165, 1.54) is 47.0 Å². The van der Waals surface area contributed by atoms with Crippen molar-refractivity contribution in [3.05, 3.63) is 40.8 Å². The summed E-state index contributed by atoms with van der Waals surface area (Å²) >= 11 is 1.42. The summed E-state index contributed by atoms with van der Waals surface area (Å²) in [6.07, 6.45) is 0. The van der Waals surface area contributed by atoms with Crippen molar-refractivity contribution in [2.45, 2.75) is 11.4 Å². The van der Waals surface area contributed by atoms with E-state index in [1.807, 2.05) is 0 Å². The van der Waals surface area contributed by atoms with Crippen LogP contribution in [0.4, 0.5) is 0 Å². The number of hydrogen-bond donors (Lipinski definition) is 1. The van der Waals surface area contributed by atoms with E-state index in [0.29, 0.717) is 5.69 Å². The van der Waals surface area contributed by atoms with E-state index in [1.54, 1.807) is 10.9 Å². The highest BCUT2D eigenvalue weighted by Crippen LogP contribution is 2.20. The van der Waals surface area contributed by atoms with Gasteiger partial charge >= 0.3 is 0 Å². The van der Waals surface area contributed by atoms with Crippen molar-refractivity contribution in [1.29, 1.82) is 0 Å². The minimum absolute atomic E-state index is 0.0697. The Morgan fingerprint density at radius 1 is 1.44 bits per heavy atom. The molecule has 0 aliphatic rings. The van der Waals surface area contributed by atoms with Crippen molar-refractivity contribution in [2.75, 3.05) is 7.05 Å². The van der Waals surface area contributed by atoms with Crippen LogP contribution in [-0.4, -0.2) is 29.9 Å². The number of aromatic nitrogens is 1. The number of hydrogen-bond acceptors (Lipinski definition) is 5. The molecular formula is C11H12N2O3S2. The number of nitrogens with zero attached hydrogens (tertiary/aromatic N) is 2. The monoisotopic (exact) mass is 284 g/mol. The van der Waals surface area contributed by atoms with Crippen LogP contribution in [0.5, 0.6) is 5.75 Å². The Morgan fingerprint density at radius 2 is 2.22 bits per heavy atom. The van der Waals surface area contributed by atoms with Crippen LogP contribution < -0.4 is 0 Å². The summed E-state index contributed by atoms with van der Waals surface area (Å²) < 4.78 is 25.6. The smallest absolute Gasteiger partial charge is 0.243 e. The molecule has 7 heteroatoms. The van der Waals surface area contributed by atoms with Gasteiger partial charge in [-0.1, -0.05) is 6.07 Å². The van der Waals surface area contributed by atoms with Gasteiger partial charge in [0, 0.05) is 12.4 Å². The lowest BCUT2D eigenvalue weighted by Gasteiger charge is -2.16. The highest BCUT2D eigenvalue weighted by Gasteiger charge is 2.21. The summed E-state index contributed by atoms with van der Waals surface area (Å²) in [7, 11) is -2.11. The van der Waals surface area contributed by atoms with E-state index in [2.05, 4.69) is 4.98 Å². The molecule has 0 saturated heterocycles. The normalized spacial score (nSPS) is 11.9. The minimum atomic E-state index is -3.60. The van der Waals surface area contributed by atoms with Crippen LogP contribution in [-0.2, 0) is 16.6 Å². The largest absolute Gasteiger partial charge is 0.508 e. The van der Waals surface area contributed by atoms with Gasteiger partial charge in [0.05, 0.1) is 22.6 Å². The predicted molar refractivity (Wildman–Crippen MR) is 68.9 cm³/mol. The van der Waals surface area contributed by atoms with E-state index >= 15 is 0 Å². The quantitative estimate of drug-likeness (QED) is 0.927. The lowest BCUT2D eigenvalue weighted by molar-refractivity contribution is 0.457. The van der Waals surface area contributed by atoms with Gasteiger partial charge in [0.15, 0.2) is 0 Å². The fourth-order valence-electron chi connectivity index (χ4n) is 1.45. The van der Waals surface area contributed by atoms with Gasteiger partial charge in [-0.15, -0.1) is 11.3 Å². The SMILES string of the molecule is CN(Cc1cscn1)S(=O)(=O)c1cccc(O)c1. The standard InChI is InChI=1S/C11H12N2O3S2/c1-13(6-9-7-17-8-12-9)18(15,16)11-4-2-3-10(14)5-11/h2-5,7-8,14H,6H2,1H3. The summed E-state index contributed by atoms with van der Waals surface area (Å²) in [6, 6.07) is 5.61. The number of rotatable bonds is 4. The molecule has 96 valence electrons. The molecule has 0 fully saturated rings. The van der Waals surface area contributed by atoms with Gasteiger partial charge in [0.1, 0.15) is 5.75 Å². The number of phenolic OH excluding ortho intramolecular Hbond substituents is 1. The Labute approximate surface area is 109 Å².